The number of hydrogen-bond acceptors (Lipinski definition) is 4. The minimum atomic E-state index is -1.30. The molecule has 0 radical (unpaired) electrons. The van der Waals surface area contributed by atoms with Crippen LogP contribution in [-0.2, 0) is 5.60 Å². The van der Waals surface area contributed by atoms with Crippen LogP contribution in [0, 0.1) is 0 Å². The Balaban J connectivity index is 2.13. The SMILES string of the molecule is CCCC1=CCC(C(O)(c2ccc(OC)cc2)c2ccc(OC)cc2)=CC=C1SCl. The molecule has 1 aliphatic rings. The van der Waals surface area contributed by atoms with Gasteiger partial charge in [0.05, 0.1) is 14.2 Å². The van der Waals surface area contributed by atoms with Crippen molar-refractivity contribution >= 4 is 21.7 Å². The van der Waals surface area contributed by atoms with Crippen molar-refractivity contribution in [2.45, 2.75) is 31.8 Å². The summed E-state index contributed by atoms with van der Waals surface area (Å²) in [7, 11) is 10.6. The number of ether oxygens (including phenoxy) is 2. The van der Waals surface area contributed by atoms with Gasteiger partial charge in [-0.25, -0.2) is 0 Å². The molecule has 0 heterocycles. The zero-order chi connectivity index (χ0) is 21.6. The third-order valence-electron chi connectivity index (χ3n) is 5.40. The van der Waals surface area contributed by atoms with Gasteiger partial charge in [-0.3, -0.25) is 0 Å². The molecule has 0 aliphatic heterocycles. The summed E-state index contributed by atoms with van der Waals surface area (Å²) in [5.41, 5.74) is 2.36. The van der Waals surface area contributed by atoms with E-state index in [9.17, 15) is 5.11 Å². The van der Waals surface area contributed by atoms with E-state index < -0.39 is 5.60 Å². The standard InChI is InChI=1S/C25H27ClO3S/c1-4-5-18-6-7-19(12-17-24(18)30-26)25(27,20-8-13-22(28-2)14-9-20)21-10-15-23(29-3)16-11-21/h6,8-17,27H,4-5,7H2,1-3H3. The van der Waals surface area contributed by atoms with Crippen LogP contribution in [-0.4, -0.2) is 19.3 Å². The lowest BCUT2D eigenvalue weighted by atomic mass is 9.78. The van der Waals surface area contributed by atoms with E-state index in [-0.39, 0.29) is 0 Å². The van der Waals surface area contributed by atoms with Crippen molar-refractivity contribution in [1.29, 1.82) is 0 Å². The molecule has 0 bridgehead atoms. The Morgan fingerprint density at radius 1 is 0.933 bits per heavy atom. The second kappa shape index (κ2) is 10.3. The molecule has 0 saturated carbocycles. The molecular weight excluding hydrogens is 416 g/mol. The Kier molecular flexibility index (Phi) is 7.70. The summed E-state index contributed by atoms with van der Waals surface area (Å²) >= 11 is 0. The fraction of sp³-hybridized carbons (Fsp3) is 0.280. The quantitative estimate of drug-likeness (QED) is 0.489. The van der Waals surface area contributed by atoms with Crippen LogP contribution in [0.3, 0.4) is 0 Å². The molecule has 0 amide bonds. The molecule has 0 atom stereocenters. The second-order valence-electron chi connectivity index (χ2n) is 7.15. The Morgan fingerprint density at radius 2 is 1.47 bits per heavy atom. The molecule has 3 nitrogen and oxygen atoms in total. The largest absolute Gasteiger partial charge is 0.497 e. The average Bonchev–Trinajstić information content (AvgIpc) is 3.01. The summed E-state index contributed by atoms with van der Waals surface area (Å²) < 4.78 is 10.6. The first-order valence-electron chi connectivity index (χ1n) is 9.97. The maximum absolute atomic E-state index is 12.2. The molecule has 5 heteroatoms. The van der Waals surface area contributed by atoms with Crippen LogP contribution in [0.5, 0.6) is 11.5 Å². The van der Waals surface area contributed by atoms with Crippen molar-refractivity contribution in [2.24, 2.45) is 0 Å². The van der Waals surface area contributed by atoms with Crippen molar-refractivity contribution in [3.05, 3.63) is 93.9 Å². The average molecular weight is 443 g/mol. The normalized spacial score (nSPS) is 14.4. The summed E-state index contributed by atoms with van der Waals surface area (Å²) in [6.07, 6.45) is 8.81. The minimum absolute atomic E-state index is 0.626. The molecule has 0 unspecified atom stereocenters. The molecule has 3 rings (SSSR count). The predicted octanol–water partition coefficient (Wildman–Crippen LogP) is 6.77. The first-order chi connectivity index (χ1) is 14.6. The molecule has 2 aromatic carbocycles. The zero-order valence-corrected chi connectivity index (χ0v) is 19.1. The molecular formula is C25H27ClO3S. The van der Waals surface area contributed by atoms with Crippen molar-refractivity contribution in [2.75, 3.05) is 14.2 Å². The van der Waals surface area contributed by atoms with Gasteiger partial charge in [-0.1, -0.05) is 49.8 Å². The summed E-state index contributed by atoms with van der Waals surface area (Å²) in [6, 6.07) is 15.1. The van der Waals surface area contributed by atoms with Crippen LogP contribution in [0.25, 0.3) is 0 Å². The van der Waals surface area contributed by atoms with Gasteiger partial charge in [-0.05, 0) is 87.1 Å². The highest BCUT2D eigenvalue weighted by atomic mass is 35.7. The highest BCUT2D eigenvalue weighted by Gasteiger charge is 2.35. The van der Waals surface area contributed by atoms with Crippen molar-refractivity contribution < 1.29 is 14.6 Å². The van der Waals surface area contributed by atoms with Gasteiger partial charge in [0, 0.05) is 4.91 Å². The van der Waals surface area contributed by atoms with Gasteiger partial charge in [0.25, 0.3) is 0 Å². The van der Waals surface area contributed by atoms with Gasteiger partial charge < -0.3 is 14.6 Å². The van der Waals surface area contributed by atoms with E-state index >= 15 is 0 Å². The van der Waals surface area contributed by atoms with Gasteiger partial charge in [0.15, 0.2) is 0 Å². The minimum Gasteiger partial charge on any atom is -0.497 e. The number of methoxy groups -OCH3 is 2. The Bertz CT molecular complexity index is 896. The van der Waals surface area contributed by atoms with Crippen molar-refractivity contribution in [1.82, 2.24) is 0 Å². The van der Waals surface area contributed by atoms with Crippen LogP contribution >= 0.6 is 21.7 Å². The van der Waals surface area contributed by atoms with E-state index in [4.69, 9.17) is 20.2 Å². The van der Waals surface area contributed by atoms with Crippen LogP contribution in [0.4, 0.5) is 0 Å². The summed E-state index contributed by atoms with van der Waals surface area (Å²) in [5, 5.41) is 12.2. The van der Waals surface area contributed by atoms with E-state index in [1.165, 1.54) is 16.5 Å². The van der Waals surface area contributed by atoms with E-state index in [1.54, 1.807) is 14.2 Å². The van der Waals surface area contributed by atoms with Crippen LogP contribution in [0.15, 0.2) is 82.8 Å². The lowest BCUT2D eigenvalue weighted by molar-refractivity contribution is 0.118. The van der Waals surface area contributed by atoms with Crippen LogP contribution in [0.1, 0.15) is 37.3 Å². The molecule has 0 aromatic heterocycles. The summed E-state index contributed by atoms with van der Waals surface area (Å²) in [6.45, 7) is 2.15. The highest BCUT2D eigenvalue weighted by molar-refractivity contribution is 8.24. The maximum Gasteiger partial charge on any atom is 0.137 e. The monoisotopic (exact) mass is 442 g/mol. The first-order valence-corrected chi connectivity index (χ1v) is 11.6. The molecule has 0 fully saturated rings. The predicted molar refractivity (Wildman–Crippen MR) is 126 cm³/mol. The fourth-order valence-corrected chi connectivity index (χ4v) is 4.58. The highest BCUT2D eigenvalue weighted by Crippen LogP contribution is 2.42. The van der Waals surface area contributed by atoms with Crippen molar-refractivity contribution in [3.63, 3.8) is 0 Å². The number of halogens is 1. The number of rotatable bonds is 8. The first kappa shape index (κ1) is 22.5. The summed E-state index contributed by atoms with van der Waals surface area (Å²) in [5.74, 6) is 1.49. The summed E-state index contributed by atoms with van der Waals surface area (Å²) in [4.78, 5) is 1.03. The molecule has 30 heavy (non-hydrogen) atoms. The smallest absolute Gasteiger partial charge is 0.137 e. The van der Waals surface area contributed by atoms with Crippen LogP contribution < -0.4 is 9.47 Å². The molecule has 1 aliphatic carbocycles. The molecule has 0 spiro atoms. The number of benzene rings is 2. The lowest BCUT2D eigenvalue weighted by Gasteiger charge is -2.32. The Morgan fingerprint density at radius 3 is 1.90 bits per heavy atom. The van der Waals surface area contributed by atoms with Crippen LogP contribution in [0.2, 0.25) is 0 Å². The number of hydrogen-bond donors (Lipinski definition) is 1. The van der Waals surface area contributed by atoms with E-state index in [0.29, 0.717) is 6.42 Å². The van der Waals surface area contributed by atoms with Gasteiger partial charge in [-0.15, -0.1) is 0 Å². The zero-order valence-electron chi connectivity index (χ0n) is 17.5. The number of allylic oxidation sites excluding steroid dienone is 4. The lowest BCUT2D eigenvalue weighted by Crippen LogP contribution is -2.30. The third kappa shape index (κ3) is 4.61. The van der Waals surface area contributed by atoms with E-state index in [1.807, 2.05) is 60.7 Å². The topological polar surface area (TPSA) is 38.7 Å². The maximum atomic E-state index is 12.2. The fourth-order valence-electron chi connectivity index (χ4n) is 3.73. The third-order valence-corrected chi connectivity index (χ3v) is 6.47. The van der Waals surface area contributed by atoms with Gasteiger partial charge in [-0.2, -0.15) is 0 Å². The molecule has 158 valence electrons. The molecule has 0 saturated heterocycles. The van der Waals surface area contributed by atoms with Gasteiger partial charge in [0.2, 0.25) is 0 Å². The Labute approximate surface area is 187 Å². The number of aliphatic hydroxyl groups is 1. The van der Waals surface area contributed by atoms with E-state index in [2.05, 4.69) is 13.0 Å². The Hall–Kier alpha value is -2.14. The van der Waals surface area contributed by atoms with Gasteiger partial charge in [0.1, 0.15) is 17.1 Å². The second-order valence-corrected chi connectivity index (χ2v) is 8.21. The van der Waals surface area contributed by atoms with Crippen molar-refractivity contribution in [3.8, 4) is 11.5 Å². The van der Waals surface area contributed by atoms with Gasteiger partial charge >= 0.3 is 0 Å². The van der Waals surface area contributed by atoms with E-state index in [0.717, 1.165) is 45.9 Å². The molecule has 1 N–H and O–H groups in total. The molecule has 2 aromatic rings.